The number of nitrogens with zero attached hydrogens (tertiary/aromatic N) is 1. The van der Waals surface area contributed by atoms with Gasteiger partial charge in [-0.05, 0) is 42.9 Å². The molecular weight excluding hydrogens is 447 g/mol. The summed E-state index contributed by atoms with van der Waals surface area (Å²) in [6, 6.07) is 0. The van der Waals surface area contributed by atoms with E-state index in [9.17, 15) is 18.8 Å². The number of anilines is 1. The lowest BCUT2D eigenvalue weighted by Crippen LogP contribution is -2.60. The first-order valence-electron chi connectivity index (χ1n) is 10.8. The molecule has 0 aromatic carbocycles. The van der Waals surface area contributed by atoms with Crippen molar-refractivity contribution in [2.75, 3.05) is 45.7 Å². The Morgan fingerprint density at radius 3 is 2.48 bits per heavy atom. The number of rotatable bonds is 10. The standard InChI is InChI=1S/C24H33FN2O5S/c1-16(17(2)14-31-5)11-19(28)12-27(9-7-24(4,25)8-10-27)13-20(29)26-21-18(3)15-33-22(21)23(30)32-6/h14-15H,1,7-13H2,2-6H3/p+1/b17-14-. The maximum atomic E-state index is 14.5. The molecule has 0 atom stereocenters. The van der Waals surface area contributed by atoms with Crippen LogP contribution in [0.2, 0.25) is 0 Å². The van der Waals surface area contributed by atoms with Gasteiger partial charge < -0.3 is 19.3 Å². The molecule has 2 rings (SSSR count). The van der Waals surface area contributed by atoms with Crippen LogP contribution >= 0.6 is 11.3 Å². The van der Waals surface area contributed by atoms with E-state index in [0.29, 0.717) is 29.2 Å². The van der Waals surface area contributed by atoms with Crippen LogP contribution in [0.1, 0.15) is 48.3 Å². The van der Waals surface area contributed by atoms with Crippen molar-refractivity contribution in [3.05, 3.63) is 39.8 Å². The Kier molecular flexibility index (Phi) is 8.97. The van der Waals surface area contributed by atoms with E-state index in [4.69, 9.17) is 9.47 Å². The number of thiophene rings is 1. The van der Waals surface area contributed by atoms with E-state index in [2.05, 4.69) is 11.9 Å². The minimum absolute atomic E-state index is 0.0110. The van der Waals surface area contributed by atoms with Gasteiger partial charge in [0.25, 0.3) is 5.91 Å². The third-order valence-electron chi connectivity index (χ3n) is 6.08. The van der Waals surface area contributed by atoms with Gasteiger partial charge in [0.1, 0.15) is 17.1 Å². The zero-order valence-electron chi connectivity index (χ0n) is 20.1. The normalized spacial score (nSPS) is 23.0. The van der Waals surface area contributed by atoms with Crippen LogP contribution in [0.15, 0.2) is 29.4 Å². The van der Waals surface area contributed by atoms with Gasteiger partial charge in [-0.1, -0.05) is 6.58 Å². The molecule has 1 aromatic heterocycles. The molecule has 0 saturated carbocycles. The summed E-state index contributed by atoms with van der Waals surface area (Å²) in [5.41, 5.74) is 1.28. The van der Waals surface area contributed by atoms with Gasteiger partial charge >= 0.3 is 5.97 Å². The predicted molar refractivity (Wildman–Crippen MR) is 127 cm³/mol. The molecule has 33 heavy (non-hydrogen) atoms. The Bertz CT molecular complexity index is 941. The Balaban J connectivity index is 2.17. The van der Waals surface area contributed by atoms with Crippen LogP contribution in [-0.2, 0) is 19.1 Å². The van der Waals surface area contributed by atoms with E-state index >= 15 is 0 Å². The molecule has 1 aromatic rings. The van der Waals surface area contributed by atoms with Crippen molar-refractivity contribution in [2.45, 2.75) is 45.7 Å². The summed E-state index contributed by atoms with van der Waals surface area (Å²) in [4.78, 5) is 38.3. The van der Waals surface area contributed by atoms with Crippen LogP contribution in [0.25, 0.3) is 0 Å². The molecule has 1 amide bonds. The third-order valence-corrected chi connectivity index (χ3v) is 7.16. The lowest BCUT2D eigenvalue weighted by Gasteiger charge is -2.44. The van der Waals surface area contributed by atoms with Gasteiger partial charge in [-0.3, -0.25) is 9.59 Å². The average molecular weight is 482 g/mol. The number of carbonyl (C=O) groups excluding carboxylic acids is 3. The molecule has 182 valence electrons. The molecule has 1 aliphatic heterocycles. The van der Waals surface area contributed by atoms with Gasteiger partial charge in [-0.2, -0.15) is 0 Å². The Morgan fingerprint density at radius 1 is 1.27 bits per heavy atom. The highest BCUT2D eigenvalue weighted by Gasteiger charge is 2.42. The van der Waals surface area contributed by atoms with E-state index in [1.54, 1.807) is 19.2 Å². The fourth-order valence-electron chi connectivity index (χ4n) is 3.94. The molecule has 2 heterocycles. The summed E-state index contributed by atoms with van der Waals surface area (Å²) < 4.78 is 24.5. The predicted octanol–water partition coefficient (Wildman–Crippen LogP) is 4.19. The average Bonchev–Trinajstić information content (AvgIpc) is 3.10. The van der Waals surface area contributed by atoms with Crippen LogP contribution in [0, 0.1) is 6.92 Å². The summed E-state index contributed by atoms with van der Waals surface area (Å²) in [6.45, 7) is 9.98. The van der Waals surface area contributed by atoms with Gasteiger partial charge in [-0.25, -0.2) is 9.18 Å². The number of esters is 1. The number of Topliss-reactive ketones (excluding diaryl/α,β-unsaturated/α-hetero) is 1. The fraction of sp³-hybridized carbons (Fsp3) is 0.542. The number of ether oxygens (including phenoxy) is 2. The minimum atomic E-state index is -1.31. The molecular formula is C24H34FN2O5S+. The smallest absolute Gasteiger partial charge is 0.350 e. The van der Waals surface area contributed by atoms with Crippen LogP contribution in [0.4, 0.5) is 10.1 Å². The van der Waals surface area contributed by atoms with E-state index in [-0.39, 0.29) is 48.5 Å². The van der Waals surface area contributed by atoms with Crippen molar-refractivity contribution < 1.29 is 32.7 Å². The van der Waals surface area contributed by atoms with E-state index in [1.807, 2.05) is 6.92 Å². The zero-order chi connectivity index (χ0) is 24.8. The lowest BCUT2D eigenvalue weighted by atomic mass is 9.92. The van der Waals surface area contributed by atoms with Gasteiger partial charge in [0, 0.05) is 19.3 Å². The Labute approximate surface area is 198 Å². The number of piperidine rings is 1. The Morgan fingerprint density at radius 2 is 1.91 bits per heavy atom. The van der Waals surface area contributed by atoms with Gasteiger partial charge in [0.2, 0.25) is 0 Å². The topological polar surface area (TPSA) is 81.7 Å². The number of halogens is 1. The summed E-state index contributed by atoms with van der Waals surface area (Å²) in [5, 5.41) is 4.59. The molecule has 9 heteroatoms. The van der Waals surface area contributed by atoms with Crippen molar-refractivity contribution in [3.63, 3.8) is 0 Å². The largest absolute Gasteiger partial charge is 0.504 e. The number of nitrogens with one attached hydrogen (secondary N) is 1. The molecule has 0 radical (unpaired) electrons. The van der Waals surface area contributed by atoms with Crippen LogP contribution in [0.5, 0.6) is 0 Å². The number of carbonyl (C=O) groups is 3. The molecule has 0 bridgehead atoms. The molecule has 0 aliphatic carbocycles. The number of aryl methyl sites for hydroxylation is 1. The quantitative estimate of drug-likeness (QED) is 0.235. The number of hydrogen-bond donors (Lipinski definition) is 1. The third kappa shape index (κ3) is 7.23. The van der Waals surface area contributed by atoms with Crippen molar-refractivity contribution in [2.24, 2.45) is 0 Å². The number of methoxy groups -OCH3 is 2. The number of amides is 1. The second kappa shape index (κ2) is 11.1. The Hall–Kier alpha value is -2.52. The van der Waals surface area contributed by atoms with Crippen molar-refractivity contribution in [3.8, 4) is 0 Å². The van der Waals surface area contributed by atoms with Gasteiger partial charge in [-0.15, -0.1) is 11.3 Å². The van der Waals surface area contributed by atoms with E-state index < -0.39 is 11.6 Å². The fourth-order valence-corrected chi connectivity index (χ4v) is 4.87. The number of hydrogen-bond acceptors (Lipinski definition) is 6. The van der Waals surface area contributed by atoms with Crippen molar-refractivity contribution in [1.82, 2.24) is 0 Å². The first-order chi connectivity index (χ1) is 15.4. The maximum absolute atomic E-state index is 14.5. The number of alkyl halides is 1. The number of likely N-dealkylation sites (tertiary alicyclic amines) is 1. The van der Waals surface area contributed by atoms with Crippen LogP contribution < -0.4 is 5.32 Å². The molecule has 0 spiro atoms. The SMILES string of the molecule is C=C(CC(=O)C[N+]1(CC(=O)Nc2c(C)csc2C(=O)OC)CCC(C)(F)CC1)/C(C)=C\OC. The van der Waals surface area contributed by atoms with Crippen LogP contribution in [0.3, 0.4) is 0 Å². The first-order valence-corrected chi connectivity index (χ1v) is 11.7. The van der Waals surface area contributed by atoms with Crippen LogP contribution in [-0.4, -0.2) is 68.2 Å². The van der Waals surface area contributed by atoms with Gasteiger partial charge in [0.05, 0.1) is 39.3 Å². The second-order valence-electron chi connectivity index (χ2n) is 9.04. The maximum Gasteiger partial charge on any atom is 0.350 e. The molecule has 7 nitrogen and oxygen atoms in total. The number of allylic oxidation sites excluding steroid dienone is 2. The summed E-state index contributed by atoms with van der Waals surface area (Å²) in [7, 11) is 2.81. The lowest BCUT2D eigenvalue weighted by molar-refractivity contribution is -0.919. The summed E-state index contributed by atoms with van der Waals surface area (Å²) >= 11 is 1.20. The zero-order valence-corrected chi connectivity index (χ0v) is 20.9. The highest BCUT2D eigenvalue weighted by atomic mass is 32.1. The van der Waals surface area contributed by atoms with Gasteiger partial charge in [0.15, 0.2) is 12.3 Å². The van der Waals surface area contributed by atoms with E-state index in [0.717, 1.165) is 11.1 Å². The highest BCUT2D eigenvalue weighted by molar-refractivity contribution is 7.12. The van der Waals surface area contributed by atoms with Crippen molar-refractivity contribution in [1.29, 1.82) is 0 Å². The monoisotopic (exact) mass is 481 g/mol. The molecule has 1 N–H and O–H groups in total. The van der Waals surface area contributed by atoms with Crippen molar-refractivity contribution >= 4 is 34.7 Å². The first kappa shape index (κ1) is 26.7. The molecule has 0 unspecified atom stereocenters. The molecule has 1 aliphatic rings. The second-order valence-corrected chi connectivity index (χ2v) is 9.92. The minimum Gasteiger partial charge on any atom is -0.504 e. The molecule has 1 fully saturated rings. The van der Waals surface area contributed by atoms with E-state index in [1.165, 1.54) is 31.8 Å². The number of quaternary nitrogens is 1. The highest BCUT2D eigenvalue weighted by Crippen LogP contribution is 2.32. The summed E-state index contributed by atoms with van der Waals surface area (Å²) in [6.07, 6.45) is 2.20. The molecule has 1 saturated heterocycles. The number of ketones is 1. The summed E-state index contributed by atoms with van der Waals surface area (Å²) in [5.74, 6) is -0.918.